The first-order valence-electron chi connectivity index (χ1n) is 8.66. The second-order valence-corrected chi connectivity index (χ2v) is 6.59. The van der Waals surface area contributed by atoms with Gasteiger partial charge in [0.15, 0.2) is 0 Å². The molecule has 4 rings (SSSR count). The lowest BCUT2D eigenvalue weighted by atomic mass is 9.84. The van der Waals surface area contributed by atoms with Crippen molar-refractivity contribution in [3.8, 4) is 0 Å². The second kappa shape index (κ2) is 6.93. The van der Waals surface area contributed by atoms with E-state index in [1.54, 1.807) is 12.5 Å². The fourth-order valence-electron chi connectivity index (χ4n) is 3.74. The van der Waals surface area contributed by atoms with Gasteiger partial charge in [0.05, 0.1) is 12.7 Å². The zero-order chi connectivity index (χ0) is 17.1. The summed E-state index contributed by atoms with van der Waals surface area (Å²) in [4.78, 5) is 21.8. The van der Waals surface area contributed by atoms with Crippen LogP contribution in [0.15, 0.2) is 73.2 Å². The molecule has 0 spiro atoms. The van der Waals surface area contributed by atoms with Crippen molar-refractivity contribution in [1.29, 1.82) is 0 Å². The van der Waals surface area contributed by atoms with Crippen LogP contribution >= 0.6 is 0 Å². The molecule has 0 bridgehead atoms. The molecule has 2 atom stereocenters. The fourth-order valence-corrected chi connectivity index (χ4v) is 3.74. The molecule has 1 fully saturated rings. The first kappa shape index (κ1) is 15.6. The molecule has 1 aliphatic heterocycles. The molecule has 1 aliphatic rings. The normalized spacial score (nSPS) is 19.9. The smallest absolute Gasteiger partial charge is 0.228 e. The predicted octanol–water partition coefficient (Wildman–Crippen LogP) is 3.36. The lowest BCUT2D eigenvalue weighted by Crippen LogP contribution is -2.30. The third-order valence-electron chi connectivity index (χ3n) is 5.02. The largest absolute Gasteiger partial charge is 0.348 e. The highest BCUT2D eigenvalue weighted by atomic mass is 16.2. The molecule has 126 valence electrons. The van der Waals surface area contributed by atoms with E-state index in [4.69, 9.17) is 0 Å². The maximum Gasteiger partial charge on any atom is 0.228 e. The minimum Gasteiger partial charge on any atom is -0.348 e. The van der Waals surface area contributed by atoms with Gasteiger partial charge in [-0.05, 0) is 11.1 Å². The van der Waals surface area contributed by atoms with Crippen molar-refractivity contribution >= 4 is 5.91 Å². The minimum atomic E-state index is 0.156. The maximum absolute atomic E-state index is 12.7. The summed E-state index contributed by atoms with van der Waals surface area (Å²) in [6.07, 6.45) is 3.71. The Morgan fingerprint density at radius 1 is 0.960 bits per heavy atom. The van der Waals surface area contributed by atoms with Crippen LogP contribution in [0.5, 0.6) is 0 Å². The van der Waals surface area contributed by atoms with E-state index in [0.29, 0.717) is 18.3 Å². The summed E-state index contributed by atoms with van der Waals surface area (Å²) in [7, 11) is 0. The number of rotatable bonds is 4. The van der Waals surface area contributed by atoms with Gasteiger partial charge in [-0.2, -0.15) is 0 Å². The van der Waals surface area contributed by atoms with Crippen LogP contribution in [0.2, 0.25) is 0 Å². The quantitative estimate of drug-likeness (QED) is 0.797. The number of aromatic nitrogens is 2. The average molecular weight is 331 g/mol. The standard InChI is InChI=1S/C21H21N3O/c25-21(11-18-12-22-15-23-18)24-13-19(16-7-3-1-4-8-16)20(14-24)17-9-5-2-6-10-17/h1-10,12,15,19-20H,11,13-14H2,(H,22,23)/t19-,20+. The Balaban J connectivity index is 1.59. The number of benzene rings is 2. The first-order chi connectivity index (χ1) is 12.3. The van der Waals surface area contributed by atoms with Crippen molar-refractivity contribution < 1.29 is 4.79 Å². The van der Waals surface area contributed by atoms with Crippen LogP contribution in [0.25, 0.3) is 0 Å². The van der Waals surface area contributed by atoms with E-state index in [0.717, 1.165) is 18.8 Å². The van der Waals surface area contributed by atoms with Crippen molar-refractivity contribution in [1.82, 2.24) is 14.9 Å². The fraction of sp³-hybridized carbons (Fsp3) is 0.238. The number of imidazole rings is 1. The van der Waals surface area contributed by atoms with Crippen LogP contribution in [0.3, 0.4) is 0 Å². The van der Waals surface area contributed by atoms with E-state index in [-0.39, 0.29) is 5.91 Å². The number of amides is 1. The number of carbonyl (C=O) groups excluding carboxylic acids is 1. The molecule has 0 unspecified atom stereocenters. The lowest BCUT2D eigenvalue weighted by Gasteiger charge is -2.18. The summed E-state index contributed by atoms with van der Waals surface area (Å²) < 4.78 is 0. The Hall–Kier alpha value is -2.88. The Bertz CT molecular complexity index is 767. The van der Waals surface area contributed by atoms with Crippen molar-refractivity contribution in [2.45, 2.75) is 18.3 Å². The summed E-state index contributed by atoms with van der Waals surface area (Å²) in [6, 6.07) is 21.1. The van der Waals surface area contributed by atoms with E-state index in [1.165, 1.54) is 11.1 Å². The Morgan fingerprint density at radius 2 is 1.52 bits per heavy atom. The van der Waals surface area contributed by atoms with Crippen LogP contribution in [0.1, 0.15) is 28.7 Å². The number of nitrogens with one attached hydrogen (secondary N) is 1. The molecule has 0 saturated carbocycles. The Labute approximate surface area is 147 Å². The maximum atomic E-state index is 12.7. The van der Waals surface area contributed by atoms with E-state index >= 15 is 0 Å². The molecule has 4 heteroatoms. The third kappa shape index (κ3) is 3.33. The van der Waals surface area contributed by atoms with Gasteiger partial charge < -0.3 is 9.88 Å². The van der Waals surface area contributed by atoms with Gasteiger partial charge in [-0.1, -0.05) is 60.7 Å². The average Bonchev–Trinajstić information content (AvgIpc) is 3.33. The van der Waals surface area contributed by atoms with Gasteiger partial charge in [0.2, 0.25) is 5.91 Å². The third-order valence-corrected chi connectivity index (χ3v) is 5.02. The number of carbonyl (C=O) groups is 1. The number of aromatic amines is 1. The number of likely N-dealkylation sites (tertiary alicyclic amines) is 1. The predicted molar refractivity (Wildman–Crippen MR) is 97.2 cm³/mol. The van der Waals surface area contributed by atoms with E-state index < -0.39 is 0 Å². The van der Waals surface area contributed by atoms with Crippen molar-refractivity contribution in [3.05, 3.63) is 90.0 Å². The second-order valence-electron chi connectivity index (χ2n) is 6.59. The van der Waals surface area contributed by atoms with E-state index in [9.17, 15) is 4.79 Å². The van der Waals surface area contributed by atoms with Crippen LogP contribution in [-0.4, -0.2) is 33.9 Å². The molecule has 2 aromatic carbocycles. The Kier molecular flexibility index (Phi) is 4.34. The van der Waals surface area contributed by atoms with Crippen LogP contribution in [0.4, 0.5) is 0 Å². The van der Waals surface area contributed by atoms with Gasteiger partial charge in [0.1, 0.15) is 0 Å². The molecule has 2 heterocycles. The SMILES string of the molecule is O=C(Cc1cnc[nH]1)N1C[C@H](c2ccccc2)[C@H](c2ccccc2)C1. The number of H-pyrrole nitrogens is 1. The molecule has 1 N–H and O–H groups in total. The molecule has 1 saturated heterocycles. The van der Waals surface area contributed by atoms with Gasteiger partial charge >= 0.3 is 0 Å². The van der Waals surface area contributed by atoms with Crippen molar-refractivity contribution in [2.75, 3.05) is 13.1 Å². The van der Waals surface area contributed by atoms with Crippen molar-refractivity contribution in [3.63, 3.8) is 0 Å². The van der Waals surface area contributed by atoms with Crippen LogP contribution in [0, 0.1) is 0 Å². The van der Waals surface area contributed by atoms with E-state index in [2.05, 4.69) is 58.5 Å². The summed E-state index contributed by atoms with van der Waals surface area (Å²) >= 11 is 0. The monoisotopic (exact) mass is 331 g/mol. The minimum absolute atomic E-state index is 0.156. The van der Waals surface area contributed by atoms with Crippen LogP contribution in [-0.2, 0) is 11.2 Å². The van der Waals surface area contributed by atoms with Gasteiger partial charge in [-0.15, -0.1) is 0 Å². The van der Waals surface area contributed by atoms with Gasteiger partial charge in [0.25, 0.3) is 0 Å². The summed E-state index contributed by atoms with van der Waals surface area (Å²) in [5.41, 5.74) is 3.46. The molecule has 3 aromatic rings. The molecular weight excluding hydrogens is 310 g/mol. The lowest BCUT2D eigenvalue weighted by molar-refractivity contribution is -0.129. The first-order valence-corrected chi connectivity index (χ1v) is 8.66. The number of hydrogen-bond donors (Lipinski definition) is 1. The molecule has 0 radical (unpaired) electrons. The highest BCUT2D eigenvalue weighted by Gasteiger charge is 2.36. The van der Waals surface area contributed by atoms with E-state index in [1.807, 2.05) is 17.0 Å². The molecule has 1 amide bonds. The number of hydrogen-bond acceptors (Lipinski definition) is 2. The zero-order valence-electron chi connectivity index (χ0n) is 14.0. The summed E-state index contributed by atoms with van der Waals surface area (Å²) in [6.45, 7) is 1.52. The molecule has 4 nitrogen and oxygen atoms in total. The highest BCUT2D eigenvalue weighted by molar-refractivity contribution is 5.79. The molecular formula is C21H21N3O. The molecule has 1 aromatic heterocycles. The van der Waals surface area contributed by atoms with Crippen LogP contribution < -0.4 is 0 Å². The summed E-state index contributed by atoms with van der Waals surface area (Å²) in [5, 5.41) is 0. The van der Waals surface area contributed by atoms with Crippen molar-refractivity contribution in [2.24, 2.45) is 0 Å². The highest BCUT2D eigenvalue weighted by Crippen LogP contribution is 2.39. The Morgan fingerprint density at radius 3 is 2.00 bits per heavy atom. The van der Waals surface area contributed by atoms with Gasteiger partial charge in [0, 0.05) is 36.8 Å². The molecule has 0 aliphatic carbocycles. The number of nitrogens with zero attached hydrogens (tertiary/aromatic N) is 2. The zero-order valence-corrected chi connectivity index (χ0v) is 14.0. The van der Waals surface area contributed by atoms with Gasteiger partial charge in [-0.3, -0.25) is 4.79 Å². The van der Waals surface area contributed by atoms with Gasteiger partial charge in [-0.25, -0.2) is 4.98 Å². The summed E-state index contributed by atoms with van der Waals surface area (Å²) in [5.74, 6) is 0.812. The molecule has 25 heavy (non-hydrogen) atoms. The topological polar surface area (TPSA) is 49.0 Å².